The van der Waals surface area contributed by atoms with Gasteiger partial charge in [-0.1, -0.05) is 6.92 Å². The van der Waals surface area contributed by atoms with Crippen molar-refractivity contribution in [2.24, 2.45) is 0 Å². The van der Waals surface area contributed by atoms with E-state index in [1.807, 2.05) is 0 Å². The summed E-state index contributed by atoms with van der Waals surface area (Å²) in [6, 6.07) is 3.20. The minimum atomic E-state index is 0.492. The Labute approximate surface area is 111 Å². The Morgan fingerprint density at radius 2 is 2.11 bits per heavy atom. The van der Waals surface area contributed by atoms with Crippen LogP contribution in [0.3, 0.4) is 0 Å². The Hall–Kier alpha value is -0.870. The zero-order chi connectivity index (χ0) is 13.5. The van der Waals surface area contributed by atoms with Crippen LogP contribution in [0.25, 0.3) is 0 Å². The lowest BCUT2D eigenvalue weighted by Crippen LogP contribution is -2.33. The summed E-state index contributed by atoms with van der Waals surface area (Å²) in [4.78, 5) is 2.34. The van der Waals surface area contributed by atoms with E-state index >= 15 is 0 Å². The average molecular weight is 252 g/mol. The SMILES string of the molecule is CCC(C)n1ccc(CNCCN(C)C(C)C)n1. The van der Waals surface area contributed by atoms with Crippen molar-refractivity contribution >= 4 is 0 Å². The predicted octanol–water partition coefficient (Wildman–Crippen LogP) is 2.28. The first kappa shape index (κ1) is 15.2. The fourth-order valence-corrected chi connectivity index (χ4v) is 1.63. The Morgan fingerprint density at radius 1 is 1.39 bits per heavy atom. The molecule has 0 saturated carbocycles. The number of hydrogen-bond donors (Lipinski definition) is 1. The minimum absolute atomic E-state index is 0.492. The maximum atomic E-state index is 4.57. The lowest BCUT2D eigenvalue weighted by atomic mass is 10.3. The second kappa shape index (κ2) is 7.54. The lowest BCUT2D eigenvalue weighted by molar-refractivity contribution is 0.273. The first-order chi connectivity index (χ1) is 8.54. The zero-order valence-corrected chi connectivity index (χ0v) is 12.5. The number of aromatic nitrogens is 2. The molecule has 0 amide bonds. The van der Waals surface area contributed by atoms with E-state index in [9.17, 15) is 0 Å². The molecule has 0 bridgehead atoms. The van der Waals surface area contributed by atoms with Gasteiger partial charge in [-0.2, -0.15) is 5.10 Å². The number of hydrogen-bond acceptors (Lipinski definition) is 3. The largest absolute Gasteiger partial charge is 0.310 e. The molecule has 4 heteroatoms. The van der Waals surface area contributed by atoms with Gasteiger partial charge in [0.25, 0.3) is 0 Å². The van der Waals surface area contributed by atoms with Crippen LogP contribution in [0, 0.1) is 0 Å². The molecule has 0 spiro atoms. The molecule has 0 aliphatic heterocycles. The van der Waals surface area contributed by atoms with Gasteiger partial charge >= 0.3 is 0 Å². The Morgan fingerprint density at radius 3 is 2.72 bits per heavy atom. The maximum Gasteiger partial charge on any atom is 0.0762 e. The molecule has 0 aliphatic carbocycles. The molecule has 4 nitrogen and oxygen atoms in total. The van der Waals surface area contributed by atoms with Gasteiger partial charge in [-0.25, -0.2) is 0 Å². The molecule has 0 fully saturated rings. The van der Waals surface area contributed by atoms with Crippen molar-refractivity contribution in [1.82, 2.24) is 20.0 Å². The lowest BCUT2D eigenvalue weighted by Gasteiger charge is -2.20. The maximum absolute atomic E-state index is 4.57. The predicted molar refractivity (Wildman–Crippen MR) is 76.7 cm³/mol. The number of likely N-dealkylation sites (N-methyl/N-ethyl adjacent to an activating group) is 1. The molecular weight excluding hydrogens is 224 g/mol. The van der Waals surface area contributed by atoms with Crippen LogP contribution in [0.15, 0.2) is 12.3 Å². The first-order valence-corrected chi connectivity index (χ1v) is 6.99. The molecule has 1 rings (SSSR count). The third kappa shape index (κ3) is 4.78. The van der Waals surface area contributed by atoms with Crippen molar-refractivity contribution in [2.75, 3.05) is 20.1 Å². The molecule has 1 aromatic rings. The Kier molecular flexibility index (Phi) is 6.36. The van der Waals surface area contributed by atoms with Crippen molar-refractivity contribution in [3.8, 4) is 0 Å². The second-order valence-electron chi connectivity index (χ2n) is 5.30. The molecule has 18 heavy (non-hydrogen) atoms. The van der Waals surface area contributed by atoms with Crippen LogP contribution < -0.4 is 5.32 Å². The molecule has 1 atom stereocenters. The van der Waals surface area contributed by atoms with Crippen LogP contribution in [-0.2, 0) is 6.54 Å². The summed E-state index contributed by atoms with van der Waals surface area (Å²) in [6.45, 7) is 11.7. The number of nitrogens with one attached hydrogen (secondary N) is 1. The standard InChI is InChI=1S/C14H28N4/c1-6-13(4)18-9-7-14(16-18)11-15-8-10-17(5)12(2)3/h7,9,12-13,15H,6,8,10-11H2,1-5H3. The van der Waals surface area contributed by atoms with Gasteiger partial charge in [0.05, 0.1) is 5.69 Å². The summed E-state index contributed by atoms with van der Waals surface area (Å²) in [7, 11) is 2.16. The van der Waals surface area contributed by atoms with E-state index in [0.717, 1.165) is 31.7 Å². The second-order valence-corrected chi connectivity index (χ2v) is 5.30. The molecule has 0 radical (unpaired) electrons. The van der Waals surface area contributed by atoms with E-state index in [-0.39, 0.29) is 0 Å². The molecule has 1 N–H and O–H groups in total. The molecular formula is C14H28N4. The van der Waals surface area contributed by atoms with Crippen molar-refractivity contribution in [2.45, 2.75) is 52.7 Å². The summed E-state index contributed by atoms with van der Waals surface area (Å²) < 4.78 is 2.05. The van der Waals surface area contributed by atoms with E-state index in [1.165, 1.54) is 0 Å². The highest BCUT2D eigenvalue weighted by Crippen LogP contribution is 2.08. The van der Waals surface area contributed by atoms with Crippen molar-refractivity contribution in [3.63, 3.8) is 0 Å². The molecule has 1 unspecified atom stereocenters. The summed E-state index contributed by atoms with van der Waals surface area (Å²) in [6.07, 6.45) is 3.19. The third-order valence-corrected chi connectivity index (χ3v) is 3.53. The summed E-state index contributed by atoms with van der Waals surface area (Å²) >= 11 is 0. The van der Waals surface area contributed by atoms with E-state index in [0.29, 0.717) is 12.1 Å². The molecule has 1 aromatic heterocycles. The van der Waals surface area contributed by atoms with Crippen LogP contribution in [0.4, 0.5) is 0 Å². The van der Waals surface area contributed by atoms with Gasteiger partial charge in [0.15, 0.2) is 0 Å². The van der Waals surface area contributed by atoms with Gasteiger partial charge in [-0.05, 0) is 40.3 Å². The van der Waals surface area contributed by atoms with Crippen molar-refractivity contribution in [1.29, 1.82) is 0 Å². The van der Waals surface area contributed by atoms with Gasteiger partial charge in [0.1, 0.15) is 0 Å². The van der Waals surface area contributed by atoms with Crippen LogP contribution in [0.2, 0.25) is 0 Å². The van der Waals surface area contributed by atoms with Crippen LogP contribution in [0.5, 0.6) is 0 Å². The number of rotatable bonds is 8. The average Bonchev–Trinajstić information content (AvgIpc) is 2.81. The normalized spacial score (nSPS) is 13.5. The molecule has 104 valence electrons. The molecule has 1 heterocycles. The molecule has 0 aliphatic rings. The van der Waals surface area contributed by atoms with E-state index in [2.05, 4.69) is 67.0 Å². The Balaban J connectivity index is 2.25. The van der Waals surface area contributed by atoms with Gasteiger partial charge < -0.3 is 10.2 Å². The number of nitrogens with zero attached hydrogens (tertiary/aromatic N) is 3. The summed E-state index contributed by atoms with van der Waals surface area (Å²) in [5.41, 5.74) is 1.13. The quantitative estimate of drug-likeness (QED) is 0.721. The fourth-order valence-electron chi connectivity index (χ4n) is 1.63. The third-order valence-electron chi connectivity index (χ3n) is 3.53. The Bertz CT molecular complexity index is 332. The van der Waals surface area contributed by atoms with Crippen molar-refractivity contribution in [3.05, 3.63) is 18.0 Å². The smallest absolute Gasteiger partial charge is 0.0762 e. The monoisotopic (exact) mass is 252 g/mol. The van der Waals surface area contributed by atoms with Crippen molar-refractivity contribution < 1.29 is 0 Å². The summed E-state index contributed by atoms with van der Waals surface area (Å²) in [5, 5.41) is 8.01. The van der Waals surface area contributed by atoms with Gasteiger partial charge in [-0.3, -0.25) is 4.68 Å². The minimum Gasteiger partial charge on any atom is -0.310 e. The van der Waals surface area contributed by atoms with Gasteiger partial charge in [0, 0.05) is 37.9 Å². The van der Waals surface area contributed by atoms with Crippen LogP contribution in [-0.4, -0.2) is 40.9 Å². The van der Waals surface area contributed by atoms with Gasteiger partial charge in [0.2, 0.25) is 0 Å². The highest BCUT2D eigenvalue weighted by Gasteiger charge is 2.05. The van der Waals surface area contributed by atoms with E-state index in [4.69, 9.17) is 0 Å². The summed E-state index contributed by atoms with van der Waals surface area (Å²) in [5.74, 6) is 0. The van der Waals surface area contributed by atoms with Crippen LogP contribution >= 0.6 is 0 Å². The highest BCUT2D eigenvalue weighted by atomic mass is 15.3. The first-order valence-electron chi connectivity index (χ1n) is 6.99. The van der Waals surface area contributed by atoms with E-state index in [1.54, 1.807) is 0 Å². The molecule has 0 aromatic carbocycles. The fraction of sp³-hybridized carbons (Fsp3) is 0.786. The highest BCUT2D eigenvalue weighted by molar-refractivity contribution is 4.99. The van der Waals surface area contributed by atoms with E-state index < -0.39 is 0 Å². The van der Waals surface area contributed by atoms with Crippen LogP contribution in [0.1, 0.15) is 45.9 Å². The zero-order valence-electron chi connectivity index (χ0n) is 12.5. The van der Waals surface area contributed by atoms with Gasteiger partial charge in [-0.15, -0.1) is 0 Å². The topological polar surface area (TPSA) is 33.1 Å². The molecule has 0 saturated heterocycles.